The summed E-state index contributed by atoms with van der Waals surface area (Å²) in [5, 5.41) is 9.42. The van der Waals surface area contributed by atoms with Gasteiger partial charge in [0.15, 0.2) is 0 Å². The Morgan fingerprint density at radius 2 is 2.20 bits per heavy atom. The standard InChI is InChI=1S/C12H16O3/c1-12(2)7-11(14-3)9-6-8(13)4-5-10(9)15-12/h4-6,11,13H,7H2,1-3H3/t11-/m1/s1. The monoisotopic (exact) mass is 208 g/mol. The van der Waals surface area contributed by atoms with Gasteiger partial charge < -0.3 is 14.6 Å². The van der Waals surface area contributed by atoms with Gasteiger partial charge in [-0.05, 0) is 32.0 Å². The maximum atomic E-state index is 9.42. The molecule has 1 heterocycles. The van der Waals surface area contributed by atoms with E-state index in [0.717, 1.165) is 17.7 Å². The topological polar surface area (TPSA) is 38.7 Å². The first-order chi connectivity index (χ1) is 7.02. The van der Waals surface area contributed by atoms with E-state index in [1.54, 1.807) is 25.3 Å². The molecule has 0 saturated carbocycles. The third kappa shape index (κ3) is 1.92. The number of fused-ring (bicyclic) bond motifs is 1. The third-order valence-corrected chi connectivity index (χ3v) is 2.69. The second kappa shape index (κ2) is 3.42. The van der Waals surface area contributed by atoms with Crippen molar-refractivity contribution < 1.29 is 14.6 Å². The lowest BCUT2D eigenvalue weighted by Crippen LogP contribution is -2.35. The van der Waals surface area contributed by atoms with Crippen LogP contribution in [0.15, 0.2) is 18.2 Å². The summed E-state index contributed by atoms with van der Waals surface area (Å²) in [5.41, 5.74) is 0.710. The van der Waals surface area contributed by atoms with Gasteiger partial charge in [-0.2, -0.15) is 0 Å². The van der Waals surface area contributed by atoms with Crippen molar-refractivity contribution in [2.45, 2.75) is 32.0 Å². The maximum Gasteiger partial charge on any atom is 0.126 e. The average molecular weight is 208 g/mol. The molecule has 0 amide bonds. The molecule has 1 aliphatic rings. The molecule has 0 aliphatic carbocycles. The minimum absolute atomic E-state index is 0.00384. The summed E-state index contributed by atoms with van der Waals surface area (Å²) in [6.45, 7) is 4.07. The molecule has 1 aromatic carbocycles. The van der Waals surface area contributed by atoms with Gasteiger partial charge in [-0.15, -0.1) is 0 Å². The first-order valence-corrected chi connectivity index (χ1v) is 5.06. The van der Waals surface area contributed by atoms with E-state index < -0.39 is 0 Å². The highest BCUT2D eigenvalue weighted by molar-refractivity contribution is 5.43. The highest BCUT2D eigenvalue weighted by Crippen LogP contribution is 2.42. The van der Waals surface area contributed by atoms with Crippen LogP contribution in [0.3, 0.4) is 0 Å². The summed E-state index contributed by atoms with van der Waals surface area (Å²) in [6, 6.07) is 5.13. The van der Waals surface area contributed by atoms with Gasteiger partial charge in [0, 0.05) is 19.1 Å². The lowest BCUT2D eigenvalue weighted by molar-refractivity contribution is -0.0110. The van der Waals surface area contributed by atoms with Gasteiger partial charge in [0.25, 0.3) is 0 Å². The fraction of sp³-hybridized carbons (Fsp3) is 0.500. The Morgan fingerprint density at radius 3 is 2.87 bits per heavy atom. The van der Waals surface area contributed by atoms with Crippen molar-refractivity contribution in [2.24, 2.45) is 0 Å². The van der Waals surface area contributed by atoms with Crippen LogP contribution in [0.5, 0.6) is 11.5 Å². The van der Waals surface area contributed by atoms with Crippen molar-refractivity contribution in [1.82, 2.24) is 0 Å². The normalized spacial score (nSPS) is 23.0. The van der Waals surface area contributed by atoms with Crippen LogP contribution in [0.1, 0.15) is 31.9 Å². The Bertz CT molecular complexity index is 371. The van der Waals surface area contributed by atoms with E-state index in [4.69, 9.17) is 9.47 Å². The number of phenols is 1. The Morgan fingerprint density at radius 1 is 1.47 bits per heavy atom. The fourth-order valence-electron chi connectivity index (χ4n) is 1.99. The van der Waals surface area contributed by atoms with Crippen molar-refractivity contribution in [2.75, 3.05) is 7.11 Å². The molecule has 0 bridgehead atoms. The molecule has 0 fully saturated rings. The zero-order valence-corrected chi connectivity index (χ0v) is 9.28. The second-order valence-corrected chi connectivity index (χ2v) is 4.51. The van der Waals surface area contributed by atoms with Crippen LogP contribution in [0, 0.1) is 0 Å². The van der Waals surface area contributed by atoms with Crippen LogP contribution in [0.2, 0.25) is 0 Å². The van der Waals surface area contributed by atoms with Crippen LogP contribution in [-0.2, 0) is 4.74 Å². The van der Waals surface area contributed by atoms with Crippen LogP contribution in [0.25, 0.3) is 0 Å². The predicted molar refractivity (Wildman–Crippen MR) is 57.2 cm³/mol. The Balaban J connectivity index is 2.44. The molecule has 1 atom stereocenters. The Hall–Kier alpha value is -1.22. The molecule has 0 radical (unpaired) electrons. The number of rotatable bonds is 1. The van der Waals surface area contributed by atoms with Gasteiger partial charge in [0.1, 0.15) is 17.1 Å². The minimum atomic E-state index is -0.218. The van der Waals surface area contributed by atoms with Crippen molar-refractivity contribution >= 4 is 0 Å². The summed E-state index contributed by atoms with van der Waals surface area (Å²) in [6.07, 6.45) is 0.788. The molecular formula is C12H16O3. The van der Waals surface area contributed by atoms with Crippen molar-refractivity contribution in [3.63, 3.8) is 0 Å². The third-order valence-electron chi connectivity index (χ3n) is 2.69. The molecule has 0 aromatic heterocycles. The lowest BCUT2D eigenvalue weighted by atomic mass is 9.91. The van der Waals surface area contributed by atoms with Crippen molar-refractivity contribution in [3.8, 4) is 11.5 Å². The molecule has 1 aliphatic heterocycles. The van der Waals surface area contributed by atoms with Crippen LogP contribution < -0.4 is 4.74 Å². The van der Waals surface area contributed by atoms with Crippen molar-refractivity contribution in [3.05, 3.63) is 23.8 Å². The van der Waals surface area contributed by atoms with Gasteiger partial charge in [-0.1, -0.05) is 0 Å². The van der Waals surface area contributed by atoms with E-state index in [2.05, 4.69) is 0 Å². The van der Waals surface area contributed by atoms with Gasteiger partial charge in [0.2, 0.25) is 0 Å². The first-order valence-electron chi connectivity index (χ1n) is 5.06. The van der Waals surface area contributed by atoms with Gasteiger partial charge in [-0.25, -0.2) is 0 Å². The molecular weight excluding hydrogens is 192 g/mol. The molecule has 3 heteroatoms. The smallest absolute Gasteiger partial charge is 0.126 e. The van der Waals surface area contributed by atoms with Crippen LogP contribution >= 0.6 is 0 Å². The van der Waals surface area contributed by atoms with E-state index in [9.17, 15) is 5.11 Å². The molecule has 1 N–H and O–H groups in total. The highest BCUT2D eigenvalue weighted by Gasteiger charge is 2.33. The summed E-state index contributed by atoms with van der Waals surface area (Å²) in [4.78, 5) is 0. The zero-order chi connectivity index (χ0) is 11.1. The van der Waals surface area contributed by atoms with Crippen molar-refractivity contribution in [1.29, 1.82) is 0 Å². The fourth-order valence-corrected chi connectivity index (χ4v) is 1.99. The number of benzene rings is 1. The van der Waals surface area contributed by atoms with E-state index >= 15 is 0 Å². The predicted octanol–water partition coefficient (Wildman–Crippen LogP) is 2.64. The van der Waals surface area contributed by atoms with Gasteiger partial charge >= 0.3 is 0 Å². The average Bonchev–Trinajstić information content (AvgIpc) is 2.16. The SMILES string of the molecule is CO[C@@H]1CC(C)(C)Oc2ccc(O)cc21. The number of methoxy groups -OCH3 is 1. The lowest BCUT2D eigenvalue weighted by Gasteiger charge is -2.36. The largest absolute Gasteiger partial charge is 0.508 e. The number of hydrogen-bond donors (Lipinski definition) is 1. The Kier molecular flexibility index (Phi) is 2.35. The molecule has 1 aromatic rings. The molecule has 2 rings (SSSR count). The number of aromatic hydroxyl groups is 1. The van der Waals surface area contributed by atoms with Crippen LogP contribution in [0.4, 0.5) is 0 Å². The van der Waals surface area contributed by atoms with Gasteiger partial charge in [0.05, 0.1) is 6.10 Å². The zero-order valence-electron chi connectivity index (χ0n) is 9.28. The summed E-state index contributed by atoms with van der Waals surface area (Å²) >= 11 is 0. The quantitative estimate of drug-likeness (QED) is 0.771. The summed E-state index contributed by atoms with van der Waals surface area (Å²) < 4.78 is 11.2. The number of phenolic OH excluding ortho intramolecular Hbond substituents is 1. The summed E-state index contributed by atoms with van der Waals surface area (Å²) in [7, 11) is 1.68. The molecule has 0 unspecified atom stereocenters. The Labute approximate surface area is 89.6 Å². The minimum Gasteiger partial charge on any atom is -0.508 e. The maximum absolute atomic E-state index is 9.42. The number of ether oxygens (including phenoxy) is 2. The highest BCUT2D eigenvalue weighted by atomic mass is 16.5. The molecule has 0 spiro atoms. The molecule has 82 valence electrons. The molecule has 0 saturated heterocycles. The summed E-state index contributed by atoms with van der Waals surface area (Å²) in [5.74, 6) is 1.05. The molecule has 15 heavy (non-hydrogen) atoms. The number of hydrogen-bond acceptors (Lipinski definition) is 3. The van der Waals surface area contributed by atoms with Gasteiger partial charge in [-0.3, -0.25) is 0 Å². The first kappa shape index (κ1) is 10.3. The van der Waals surface area contributed by atoms with E-state index in [0.29, 0.717) is 0 Å². The second-order valence-electron chi connectivity index (χ2n) is 4.51. The van der Waals surface area contributed by atoms with E-state index in [1.165, 1.54) is 0 Å². The van der Waals surface area contributed by atoms with Crippen LogP contribution in [-0.4, -0.2) is 17.8 Å². The van der Waals surface area contributed by atoms with E-state index in [1.807, 2.05) is 13.8 Å². The molecule has 3 nitrogen and oxygen atoms in total. The van der Waals surface area contributed by atoms with E-state index in [-0.39, 0.29) is 17.5 Å².